The lowest BCUT2D eigenvalue weighted by Crippen LogP contribution is -1.94. The van der Waals surface area contributed by atoms with Crippen LogP contribution in [0.15, 0.2) is 18.2 Å². The van der Waals surface area contributed by atoms with Gasteiger partial charge in [-0.3, -0.25) is 0 Å². The van der Waals surface area contributed by atoms with Crippen LogP contribution in [0.1, 0.15) is 30.5 Å². The molecule has 0 atom stereocenters. The van der Waals surface area contributed by atoms with Crippen LogP contribution in [-0.2, 0) is 12.8 Å². The Bertz CT molecular complexity index is 342. The van der Waals surface area contributed by atoms with E-state index < -0.39 is 0 Å². The molecule has 0 nitrogen and oxygen atoms in total. The van der Waals surface area contributed by atoms with E-state index in [2.05, 4.69) is 43.5 Å². The first-order chi connectivity index (χ1) is 6.33. The Balaban J connectivity index is 3.24. The highest BCUT2D eigenvalue weighted by Crippen LogP contribution is 2.15. The fraction of sp³-hybridized carbons (Fsp3) is 0.333. The molecule has 1 aromatic rings. The van der Waals surface area contributed by atoms with E-state index in [-0.39, 0.29) is 0 Å². The summed E-state index contributed by atoms with van der Waals surface area (Å²) in [6.07, 6.45) is 2.20. The second-order valence-electron chi connectivity index (χ2n) is 3.03. The zero-order chi connectivity index (χ0) is 9.68. The van der Waals surface area contributed by atoms with Crippen molar-refractivity contribution in [3.05, 3.63) is 34.9 Å². The van der Waals surface area contributed by atoms with Gasteiger partial charge in [-0.1, -0.05) is 31.9 Å². The molecule has 1 rings (SSSR count). The first kappa shape index (κ1) is 10.1. The van der Waals surface area contributed by atoms with Crippen molar-refractivity contribution in [1.82, 2.24) is 0 Å². The van der Waals surface area contributed by atoms with Crippen LogP contribution in [0.4, 0.5) is 0 Å². The molecule has 0 bridgehead atoms. The summed E-state index contributed by atoms with van der Waals surface area (Å²) in [6.45, 7) is 4.40. The monoisotopic (exact) mass is 188 g/mol. The van der Waals surface area contributed by atoms with Gasteiger partial charge in [0.15, 0.2) is 0 Å². The molecule has 0 N–H and O–H groups in total. The molecule has 0 unspecified atom stereocenters. The van der Waals surface area contributed by atoms with Gasteiger partial charge in [0.05, 0.1) is 10.2 Å². The molecule has 0 saturated carbocycles. The molecule has 68 valence electrons. The molecule has 1 heteroatoms. The molecule has 0 fully saturated rings. The third kappa shape index (κ3) is 2.23. The summed E-state index contributed by atoms with van der Waals surface area (Å²) in [5.41, 5.74) is 7.22. The van der Waals surface area contributed by atoms with Crippen LogP contribution in [0.3, 0.4) is 0 Å². The van der Waals surface area contributed by atoms with Crippen LogP contribution in [0, 0.1) is 11.5 Å². The second-order valence-corrected chi connectivity index (χ2v) is 3.53. The third-order valence-electron chi connectivity index (χ3n) is 2.27. The van der Waals surface area contributed by atoms with Crippen molar-refractivity contribution >= 4 is 10.2 Å². The van der Waals surface area contributed by atoms with Gasteiger partial charge in [0, 0.05) is 5.56 Å². The fourth-order valence-corrected chi connectivity index (χ4v) is 1.90. The standard InChI is InChI=1S/C12H16Si/c1-3-10-6-5-7-11(8-9-13)12(10)4-2/h5-7H,3-4H2,1-2,13H3. The van der Waals surface area contributed by atoms with Crippen molar-refractivity contribution in [3.8, 4) is 11.5 Å². The molecule has 0 aliphatic carbocycles. The minimum absolute atomic E-state index is 0.963. The molecule has 1 aromatic carbocycles. The van der Waals surface area contributed by atoms with Crippen molar-refractivity contribution in [3.63, 3.8) is 0 Å². The smallest absolute Gasteiger partial charge is 0.0911 e. The zero-order valence-corrected chi connectivity index (χ0v) is 10.6. The molecule has 13 heavy (non-hydrogen) atoms. The molecule has 0 aliphatic rings. The van der Waals surface area contributed by atoms with Crippen molar-refractivity contribution in [2.45, 2.75) is 26.7 Å². The van der Waals surface area contributed by atoms with Gasteiger partial charge in [-0.2, -0.15) is 0 Å². The highest BCUT2D eigenvalue weighted by Gasteiger charge is 2.01. The summed E-state index contributed by atoms with van der Waals surface area (Å²) in [7, 11) is 0.963. The Kier molecular flexibility index (Phi) is 3.79. The number of rotatable bonds is 2. The predicted octanol–water partition coefficient (Wildman–Crippen LogP) is 1.49. The maximum absolute atomic E-state index is 3.21. The van der Waals surface area contributed by atoms with E-state index in [1.807, 2.05) is 0 Å². The van der Waals surface area contributed by atoms with Crippen LogP contribution < -0.4 is 0 Å². The summed E-state index contributed by atoms with van der Waals surface area (Å²) in [4.78, 5) is 0. The first-order valence-corrected chi connectivity index (χ1v) is 5.87. The van der Waals surface area contributed by atoms with E-state index in [1.54, 1.807) is 0 Å². The Morgan fingerprint density at radius 2 is 2.00 bits per heavy atom. The van der Waals surface area contributed by atoms with E-state index in [0.29, 0.717) is 0 Å². The maximum atomic E-state index is 3.21. The molecular formula is C12H16Si. The van der Waals surface area contributed by atoms with Crippen molar-refractivity contribution in [2.24, 2.45) is 0 Å². The Morgan fingerprint density at radius 3 is 2.54 bits per heavy atom. The SMILES string of the molecule is CCc1cccc(C#C[SiH3])c1CC. The molecule has 0 aromatic heterocycles. The van der Waals surface area contributed by atoms with Crippen LogP contribution in [0.5, 0.6) is 0 Å². The lowest BCUT2D eigenvalue weighted by atomic mass is 9.98. The van der Waals surface area contributed by atoms with E-state index in [0.717, 1.165) is 23.1 Å². The van der Waals surface area contributed by atoms with Crippen LogP contribution in [0.2, 0.25) is 0 Å². The Labute approximate surface area is 83.8 Å². The molecule has 0 saturated heterocycles. The van der Waals surface area contributed by atoms with Crippen molar-refractivity contribution in [2.75, 3.05) is 0 Å². The van der Waals surface area contributed by atoms with Crippen LogP contribution in [0.25, 0.3) is 0 Å². The van der Waals surface area contributed by atoms with E-state index in [9.17, 15) is 0 Å². The lowest BCUT2D eigenvalue weighted by Gasteiger charge is -2.07. The molecule has 0 aliphatic heterocycles. The van der Waals surface area contributed by atoms with E-state index in [1.165, 1.54) is 16.7 Å². The highest BCUT2D eigenvalue weighted by molar-refractivity contribution is 6.22. The van der Waals surface area contributed by atoms with Gasteiger partial charge in [0.2, 0.25) is 0 Å². The van der Waals surface area contributed by atoms with Gasteiger partial charge in [-0.15, -0.1) is 5.54 Å². The summed E-state index contributed by atoms with van der Waals surface area (Å²) in [6, 6.07) is 6.44. The van der Waals surface area contributed by atoms with Gasteiger partial charge in [0.1, 0.15) is 0 Å². The minimum Gasteiger partial charge on any atom is -0.138 e. The predicted molar refractivity (Wildman–Crippen MR) is 62.0 cm³/mol. The Hall–Kier alpha value is -1.00. The van der Waals surface area contributed by atoms with E-state index in [4.69, 9.17) is 0 Å². The highest BCUT2D eigenvalue weighted by atomic mass is 28.1. The van der Waals surface area contributed by atoms with Gasteiger partial charge in [-0.05, 0) is 30.0 Å². The van der Waals surface area contributed by atoms with Gasteiger partial charge in [0.25, 0.3) is 0 Å². The average Bonchev–Trinajstić information content (AvgIpc) is 2.18. The first-order valence-electron chi connectivity index (χ1n) is 4.87. The number of hydrogen-bond acceptors (Lipinski definition) is 0. The number of hydrogen-bond donors (Lipinski definition) is 0. The van der Waals surface area contributed by atoms with Crippen molar-refractivity contribution in [1.29, 1.82) is 0 Å². The largest absolute Gasteiger partial charge is 0.138 e. The minimum atomic E-state index is 0.963. The zero-order valence-electron chi connectivity index (χ0n) is 8.65. The number of aryl methyl sites for hydroxylation is 1. The second kappa shape index (κ2) is 4.89. The average molecular weight is 188 g/mol. The lowest BCUT2D eigenvalue weighted by molar-refractivity contribution is 1.03. The molecule has 0 radical (unpaired) electrons. The van der Waals surface area contributed by atoms with Gasteiger partial charge < -0.3 is 0 Å². The van der Waals surface area contributed by atoms with Gasteiger partial charge in [-0.25, -0.2) is 0 Å². The Morgan fingerprint density at radius 1 is 1.23 bits per heavy atom. The molecule has 0 amide bonds. The molecule has 0 spiro atoms. The maximum Gasteiger partial charge on any atom is 0.0911 e. The summed E-state index contributed by atoms with van der Waals surface area (Å²) < 4.78 is 0. The summed E-state index contributed by atoms with van der Waals surface area (Å²) >= 11 is 0. The normalized spacial score (nSPS) is 9.38. The molecular weight excluding hydrogens is 172 g/mol. The molecule has 0 heterocycles. The third-order valence-corrected chi connectivity index (χ3v) is 2.52. The van der Waals surface area contributed by atoms with Crippen LogP contribution in [-0.4, -0.2) is 10.2 Å². The number of benzene rings is 1. The van der Waals surface area contributed by atoms with Crippen LogP contribution >= 0.6 is 0 Å². The topological polar surface area (TPSA) is 0 Å². The fourth-order valence-electron chi connectivity index (χ4n) is 1.64. The van der Waals surface area contributed by atoms with E-state index >= 15 is 0 Å². The van der Waals surface area contributed by atoms with Gasteiger partial charge >= 0.3 is 0 Å². The summed E-state index contributed by atoms with van der Waals surface area (Å²) in [5, 5.41) is 0. The quantitative estimate of drug-likeness (QED) is 0.487. The summed E-state index contributed by atoms with van der Waals surface area (Å²) in [5.74, 6) is 3.21. The van der Waals surface area contributed by atoms with Crippen molar-refractivity contribution < 1.29 is 0 Å².